The molecule has 0 aromatic heterocycles. The molecule has 2 aromatic carbocycles. The zero-order chi connectivity index (χ0) is 16.9. The number of nitrogens with zero attached hydrogens (tertiary/aromatic N) is 1. The Labute approximate surface area is 138 Å². The van der Waals surface area contributed by atoms with Crippen LogP contribution in [-0.4, -0.2) is 13.3 Å². The van der Waals surface area contributed by atoms with Crippen LogP contribution in [0.3, 0.4) is 0 Å². The third kappa shape index (κ3) is 5.48. The molecule has 0 amide bonds. The first-order valence-electron chi connectivity index (χ1n) is 6.52. The van der Waals surface area contributed by atoms with E-state index < -0.39 is 14.9 Å². The molecule has 0 aliphatic rings. The average molecular weight is 353 g/mol. The first-order chi connectivity index (χ1) is 10.9. The Morgan fingerprint density at radius 2 is 1.87 bits per heavy atom. The fourth-order valence-electron chi connectivity index (χ4n) is 1.74. The molecule has 120 valence electrons. The van der Waals surface area contributed by atoms with Crippen molar-refractivity contribution in [2.75, 3.05) is 0 Å². The molecule has 1 N–H and O–H groups in total. The smallest absolute Gasteiger partial charge is 0.258 e. The lowest BCUT2D eigenvalue weighted by Gasteiger charge is -2.03. The lowest BCUT2D eigenvalue weighted by atomic mass is 10.2. The van der Waals surface area contributed by atoms with Crippen molar-refractivity contribution in [1.29, 1.82) is 0 Å². The van der Waals surface area contributed by atoms with Crippen LogP contribution in [0, 0.1) is 10.1 Å². The number of nitrogens with one attached hydrogen (secondary N) is 1. The lowest BCUT2D eigenvalue weighted by Crippen LogP contribution is -2.20. The zero-order valence-electron chi connectivity index (χ0n) is 11.8. The lowest BCUT2D eigenvalue weighted by molar-refractivity contribution is -0.384. The van der Waals surface area contributed by atoms with E-state index in [0.29, 0.717) is 10.6 Å². The van der Waals surface area contributed by atoms with Gasteiger partial charge in [0.1, 0.15) is 0 Å². The first kappa shape index (κ1) is 17.1. The van der Waals surface area contributed by atoms with Gasteiger partial charge >= 0.3 is 0 Å². The summed E-state index contributed by atoms with van der Waals surface area (Å²) in [5, 5.41) is 12.2. The minimum Gasteiger partial charge on any atom is -0.258 e. The van der Waals surface area contributed by atoms with Crippen LogP contribution < -0.4 is 4.72 Å². The molecule has 0 radical (unpaired) electrons. The van der Waals surface area contributed by atoms with Crippen molar-refractivity contribution in [1.82, 2.24) is 4.72 Å². The third-order valence-corrected chi connectivity index (χ3v) is 4.20. The Balaban J connectivity index is 2.04. The Morgan fingerprint density at radius 1 is 1.17 bits per heavy atom. The summed E-state index contributed by atoms with van der Waals surface area (Å²) in [5.74, 6) is 0. The predicted molar refractivity (Wildman–Crippen MR) is 89.3 cm³/mol. The van der Waals surface area contributed by atoms with E-state index in [9.17, 15) is 18.5 Å². The number of non-ortho nitro benzene ring substituents is 1. The van der Waals surface area contributed by atoms with Gasteiger partial charge in [-0.25, -0.2) is 13.1 Å². The second kappa shape index (κ2) is 7.36. The van der Waals surface area contributed by atoms with Crippen LogP contribution in [-0.2, 0) is 16.6 Å². The van der Waals surface area contributed by atoms with Crippen LogP contribution >= 0.6 is 11.6 Å². The summed E-state index contributed by atoms with van der Waals surface area (Å²) in [6.45, 7) is 0.124. The van der Waals surface area contributed by atoms with Crippen molar-refractivity contribution in [3.8, 4) is 0 Å². The van der Waals surface area contributed by atoms with E-state index in [4.69, 9.17) is 11.6 Å². The van der Waals surface area contributed by atoms with E-state index in [-0.39, 0.29) is 12.2 Å². The van der Waals surface area contributed by atoms with Gasteiger partial charge < -0.3 is 0 Å². The summed E-state index contributed by atoms with van der Waals surface area (Å²) in [7, 11) is -3.65. The van der Waals surface area contributed by atoms with Crippen molar-refractivity contribution in [3.63, 3.8) is 0 Å². The largest absolute Gasteiger partial charge is 0.270 e. The Morgan fingerprint density at radius 3 is 2.52 bits per heavy atom. The van der Waals surface area contributed by atoms with Gasteiger partial charge in [-0.1, -0.05) is 35.9 Å². The SMILES string of the molecule is O=[N+]([O-])c1cccc(/C=C/S(=O)(=O)NCc2ccc(Cl)cc2)c1. The third-order valence-electron chi connectivity index (χ3n) is 2.91. The number of sulfonamides is 1. The van der Waals surface area contributed by atoms with E-state index in [1.165, 1.54) is 24.3 Å². The molecule has 0 saturated heterocycles. The first-order valence-corrected chi connectivity index (χ1v) is 8.45. The van der Waals surface area contributed by atoms with Gasteiger partial charge in [-0.05, 0) is 29.3 Å². The number of hydrogen-bond donors (Lipinski definition) is 1. The van der Waals surface area contributed by atoms with Crippen LogP contribution in [0.5, 0.6) is 0 Å². The molecule has 0 atom stereocenters. The molecule has 0 spiro atoms. The van der Waals surface area contributed by atoms with Crippen LogP contribution in [0.25, 0.3) is 6.08 Å². The van der Waals surface area contributed by atoms with Gasteiger partial charge in [0.15, 0.2) is 0 Å². The fourth-order valence-corrected chi connectivity index (χ4v) is 2.67. The highest BCUT2D eigenvalue weighted by Gasteiger charge is 2.07. The highest BCUT2D eigenvalue weighted by atomic mass is 35.5. The van der Waals surface area contributed by atoms with Crippen molar-refractivity contribution in [2.24, 2.45) is 0 Å². The molecular weight excluding hydrogens is 340 g/mol. The number of nitro benzene ring substituents is 1. The average Bonchev–Trinajstić information content (AvgIpc) is 2.53. The van der Waals surface area contributed by atoms with Gasteiger partial charge in [0.05, 0.1) is 4.92 Å². The van der Waals surface area contributed by atoms with E-state index >= 15 is 0 Å². The second-order valence-electron chi connectivity index (χ2n) is 4.65. The van der Waals surface area contributed by atoms with Crippen molar-refractivity contribution in [3.05, 3.63) is 80.2 Å². The van der Waals surface area contributed by atoms with Gasteiger partial charge in [-0.15, -0.1) is 0 Å². The maximum absolute atomic E-state index is 11.9. The van der Waals surface area contributed by atoms with E-state index in [1.54, 1.807) is 30.3 Å². The molecule has 0 saturated carbocycles. The molecule has 0 bridgehead atoms. The maximum atomic E-state index is 11.9. The Kier molecular flexibility index (Phi) is 5.49. The topological polar surface area (TPSA) is 89.3 Å². The maximum Gasteiger partial charge on any atom is 0.270 e. The monoisotopic (exact) mass is 352 g/mol. The molecular formula is C15H13ClN2O4S. The van der Waals surface area contributed by atoms with E-state index in [0.717, 1.165) is 11.0 Å². The molecule has 8 heteroatoms. The molecule has 23 heavy (non-hydrogen) atoms. The summed E-state index contributed by atoms with van der Waals surface area (Å²) in [4.78, 5) is 10.1. The molecule has 6 nitrogen and oxygen atoms in total. The van der Waals surface area contributed by atoms with Gasteiger partial charge in [-0.2, -0.15) is 0 Å². The Bertz CT molecular complexity index is 833. The quantitative estimate of drug-likeness (QED) is 0.637. The zero-order valence-corrected chi connectivity index (χ0v) is 13.4. The number of hydrogen-bond acceptors (Lipinski definition) is 4. The molecule has 0 aliphatic heterocycles. The summed E-state index contributed by atoms with van der Waals surface area (Å²) >= 11 is 5.76. The van der Waals surface area contributed by atoms with Crippen LogP contribution in [0.15, 0.2) is 53.9 Å². The molecule has 0 fully saturated rings. The van der Waals surface area contributed by atoms with Gasteiger partial charge in [0, 0.05) is 29.1 Å². The summed E-state index contributed by atoms with van der Waals surface area (Å²) in [6.07, 6.45) is 1.30. The number of benzene rings is 2. The van der Waals surface area contributed by atoms with E-state index in [2.05, 4.69) is 4.72 Å². The van der Waals surface area contributed by atoms with Crippen LogP contribution in [0.2, 0.25) is 5.02 Å². The highest BCUT2D eigenvalue weighted by Crippen LogP contribution is 2.14. The number of halogens is 1. The molecule has 2 rings (SSSR count). The number of rotatable bonds is 6. The van der Waals surface area contributed by atoms with Gasteiger partial charge in [0.25, 0.3) is 5.69 Å². The number of nitro groups is 1. The summed E-state index contributed by atoms with van der Waals surface area (Å²) < 4.78 is 26.2. The summed E-state index contributed by atoms with van der Waals surface area (Å²) in [6, 6.07) is 12.5. The van der Waals surface area contributed by atoms with Crippen LogP contribution in [0.4, 0.5) is 5.69 Å². The predicted octanol–water partition coefficient (Wildman–Crippen LogP) is 3.34. The normalized spacial score (nSPS) is 11.7. The van der Waals surface area contributed by atoms with Crippen molar-refractivity contribution >= 4 is 33.4 Å². The molecule has 0 heterocycles. The molecule has 2 aromatic rings. The Hall–Kier alpha value is -2.22. The van der Waals surface area contributed by atoms with Crippen molar-refractivity contribution in [2.45, 2.75) is 6.54 Å². The minimum atomic E-state index is -3.65. The van der Waals surface area contributed by atoms with Gasteiger partial charge in [0.2, 0.25) is 10.0 Å². The highest BCUT2D eigenvalue weighted by molar-refractivity contribution is 7.92. The second-order valence-corrected chi connectivity index (χ2v) is 6.73. The standard InChI is InChI=1S/C15H13ClN2O4S/c16-14-6-4-13(5-7-14)11-17-23(21,22)9-8-12-2-1-3-15(10-12)18(19)20/h1-10,17H,11H2/b9-8+. The van der Waals surface area contributed by atoms with Crippen LogP contribution in [0.1, 0.15) is 11.1 Å². The summed E-state index contributed by atoms with van der Waals surface area (Å²) in [5.41, 5.74) is 1.09. The van der Waals surface area contributed by atoms with Gasteiger partial charge in [-0.3, -0.25) is 10.1 Å². The molecule has 0 aliphatic carbocycles. The van der Waals surface area contributed by atoms with E-state index in [1.807, 2.05) is 0 Å². The van der Waals surface area contributed by atoms with Crippen molar-refractivity contribution < 1.29 is 13.3 Å². The fraction of sp³-hybridized carbons (Fsp3) is 0.0667. The molecule has 0 unspecified atom stereocenters. The minimum absolute atomic E-state index is 0.0985.